The molecule has 38 heavy (non-hydrogen) atoms. The van der Waals surface area contributed by atoms with Gasteiger partial charge in [0.1, 0.15) is 11.4 Å². The minimum Gasteiger partial charge on any atom is -0.365 e. The Morgan fingerprint density at radius 3 is 2.45 bits per heavy atom. The summed E-state index contributed by atoms with van der Waals surface area (Å²) in [5, 5.41) is 13.5. The number of carbonyl (C=O) groups excluding carboxylic acids is 1. The molecule has 5 aromatic rings. The number of nitrogens with zero attached hydrogens (tertiary/aromatic N) is 5. The number of hydrogen-bond acceptors (Lipinski definition) is 6. The lowest BCUT2D eigenvalue weighted by Gasteiger charge is -2.19. The Hall–Kier alpha value is -4.79. The van der Waals surface area contributed by atoms with Crippen LogP contribution < -0.4 is 16.6 Å². The van der Waals surface area contributed by atoms with E-state index < -0.39 is 5.91 Å². The maximum Gasteiger partial charge on any atom is 0.279 e. The molecule has 0 fully saturated rings. The molecule has 3 heterocycles. The van der Waals surface area contributed by atoms with E-state index >= 15 is 0 Å². The predicted octanol–water partition coefficient (Wildman–Crippen LogP) is 4.72. The van der Waals surface area contributed by atoms with E-state index in [0.717, 1.165) is 22.1 Å². The highest BCUT2D eigenvalue weighted by Gasteiger charge is 2.19. The van der Waals surface area contributed by atoms with Gasteiger partial charge >= 0.3 is 0 Å². The van der Waals surface area contributed by atoms with Crippen LogP contribution in [-0.4, -0.2) is 30.5 Å². The fourth-order valence-electron chi connectivity index (χ4n) is 4.31. The van der Waals surface area contributed by atoms with Crippen LogP contribution in [0.1, 0.15) is 47.8 Å². The van der Waals surface area contributed by atoms with E-state index in [-0.39, 0.29) is 22.4 Å². The summed E-state index contributed by atoms with van der Waals surface area (Å²) in [6, 6.07) is 15.1. The maximum atomic E-state index is 13.5. The van der Waals surface area contributed by atoms with E-state index in [1.165, 1.54) is 4.68 Å². The first-order chi connectivity index (χ1) is 18.0. The number of benzene rings is 2. The number of anilines is 2. The van der Waals surface area contributed by atoms with Crippen molar-refractivity contribution in [2.24, 2.45) is 5.73 Å². The molecule has 9 heteroatoms. The van der Waals surface area contributed by atoms with Gasteiger partial charge in [-0.3, -0.25) is 9.59 Å². The molecule has 3 N–H and O–H groups in total. The molecule has 0 aliphatic rings. The Morgan fingerprint density at radius 1 is 1.00 bits per heavy atom. The summed E-state index contributed by atoms with van der Waals surface area (Å²) in [5.41, 5.74) is 9.80. The minimum absolute atomic E-state index is 0.0370. The molecule has 0 saturated heterocycles. The molecular weight excluding hydrogens is 478 g/mol. The molecule has 0 atom stereocenters. The number of rotatable bonds is 5. The van der Waals surface area contributed by atoms with Crippen molar-refractivity contribution < 1.29 is 4.79 Å². The Bertz CT molecular complexity index is 1740. The van der Waals surface area contributed by atoms with Crippen LogP contribution in [0.3, 0.4) is 0 Å². The predicted molar refractivity (Wildman–Crippen MR) is 149 cm³/mol. The summed E-state index contributed by atoms with van der Waals surface area (Å²) in [4.78, 5) is 30.0. The van der Waals surface area contributed by atoms with Gasteiger partial charge in [0.15, 0.2) is 5.82 Å². The van der Waals surface area contributed by atoms with Gasteiger partial charge in [0, 0.05) is 23.3 Å². The fourth-order valence-corrected chi connectivity index (χ4v) is 4.31. The van der Waals surface area contributed by atoms with Gasteiger partial charge in [-0.25, -0.2) is 9.67 Å². The monoisotopic (exact) mass is 507 g/mol. The summed E-state index contributed by atoms with van der Waals surface area (Å²) < 4.78 is 2.96. The third-order valence-electron chi connectivity index (χ3n) is 6.54. The number of aromatic nitrogens is 5. The summed E-state index contributed by atoms with van der Waals surface area (Å²) in [5.74, 6) is 0.200. The van der Waals surface area contributed by atoms with Crippen molar-refractivity contribution in [3.63, 3.8) is 0 Å². The van der Waals surface area contributed by atoms with Crippen LogP contribution in [0.15, 0.2) is 71.9 Å². The van der Waals surface area contributed by atoms with E-state index in [1.807, 2.05) is 56.3 Å². The summed E-state index contributed by atoms with van der Waals surface area (Å²) in [6.07, 6.45) is 5.00. The van der Waals surface area contributed by atoms with Gasteiger partial charge in [-0.05, 0) is 60.7 Å². The zero-order valence-corrected chi connectivity index (χ0v) is 22.0. The van der Waals surface area contributed by atoms with E-state index in [1.54, 1.807) is 29.3 Å². The Labute approximate surface area is 219 Å². The van der Waals surface area contributed by atoms with Crippen LogP contribution in [0.25, 0.3) is 22.1 Å². The molecule has 0 unspecified atom stereocenters. The number of primary amides is 1. The molecule has 2 aromatic carbocycles. The molecule has 0 aliphatic carbocycles. The van der Waals surface area contributed by atoms with Gasteiger partial charge in [-0.15, -0.1) is 5.10 Å². The SMILES string of the molecule is Cc1ccc(Nc2nn(-c3cccc(-n4ncc5cc(C(C)(C)C)ccc5c4=O)c3C)cc2C(N)=O)nc1. The van der Waals surface area contributed by atoms with Crippen molar-refractivity contribution in [1.29, 1.82) is 0 Å². The van der Waals surface area contributed by atoms with Crippen molar-refractivity contribution >= 4 is 28.3 Å². The molecule has 0 saturated carbocycles. The second-order valence-electron chi connectivity index (χ2n) is 10.4. The lowest BCUT2D eigenvalue weighted by Crippen LogP contribution is -2.22. The fraction of sp³-hybridized carbons (Fsp3) is 0.207. The van der Waals surface area contributed by atoms with Crippen LogP contribution >= 0.6 is 0 Å². The third kappa shape index (κ3) is 4.54. The smallest absolute Gasteiger partial charge is 0.279 e. The normalized spacial score (nSPS) is 11.6. The molecule has 0 spiro atoms. The number of fused-ring (bicyclic) bond motifs is 1. The lowest BCUT2D eigenvalue weighted by atomic mass is 9.86. The zero-order chi connectivity index (χ0) is 27.2. The Kier molecular flexibility index (Phi) is 6.06. The molecule has 192 valence electrons. The van der Waals surface area contributed by atoms with Gasteiger partial charge < -0.3 is 11.1 Å². The lowest BCUT2D eigenvalue weighted by molar-refractivity contribution is 0.100. The van der Waals surface area contributed by atoms with Gasteiger partial charge in [-0.1, -0.05) is 39.0 Å². The molecule has 0 radical (unpaired) electrons. The van der Waals surface area contributed by atoms with Crippen LogP contribution in [0.2, 0.25) is 0 Å². The van der Waals surface area contributed by atoms with Crippen LogP contribution in [0, 0.1) is 13.8 Å². The highest BCUT2D eigenvalue weighted by molar-refractivity contribution is 5.98. The van der Waals surface area contributed by atoms with Crippen molar-refractivity contribution in [3.05, 3.63) is 99.7 Å². The second kappa shape index (κ2) is 9.26. The van der Waals surface area contributed by atoms with Gasteiger partial charge in [0.2, 0.25) is 0 Å². The Balaban J connectivity index is 1.58. The first-order valence-electron chi connectivity index (χ1n) is 12.2. The first-order valence-corrected chi connectivity index (χ1v) is 12.2. The van der Waals surface area contributed by atoms with E-state index in [0.29, 0.717) is 22.6 Å². The topological polar surface area (TPSA) is 121 Å². The first kappa shape index (κ1) is 24.9. The summed E-state index contributed by atoms with van der Waals surface area (Å²) >= 11 is 0. The summed E-state index contributed by atoms with van der Waals surface area (Å²) in [7, 11) is 0. The highest BCUT2D eigenvalue weighted by atomic mass is 16.1. The largest absolute Gasteiger partial charge is 0.365 e. The van der Waals surface area contributed by atoms with Crippen molar-refractivity contribution in [2.75, 3.05) is 5.32 Å². The molecule has 0 bridgehead atoms. The van der Waals surface area contributed by atoms with Gasteiger partial charge in [0.05, 0.1) is 23.0 Å². The van der Waals surface area contributed by atoms with Crippen LogP contribution in [-0.2, 0) is 5.41 Å². The number of pyridine rings is 1. The van der Waals surface area contributed by atoms with Crippen LogP contribution in [0.5, 0.6) is 0 Å². The maximum absolute atomic E-state index is 13.5. The average Bonchev–Trinajstić information content (AvgIpc) is 3.29. The highest BCUT2D eigenvalue weighted by Crippen LogP contribution is 2.27. The minimum atomic E-state index is -0.623. The molecular formula is C29H29N7O2. The third-order valence-corrected chi connectivity index (χ3v) is 6.54. The van der Waals surface area contributed by atoms with E-state index in [2.05, 4.69) is 41.3 Å². The quantitative estimate of drug-likeness (QED) is 0.355. The molecule has 3 aromatic heterocycles. The molecule has 5 rings (SSSR count). The molecule has 1 amide bonds. The average molecular weight is 508 g/mol. The van der Waals surface area contributed by atoms with E-state index in [9.17, 15) is 9.59 Å². The second-order valence-corrected chi connectivity index (χ2v) is 10.4. The standard InChI is InChI=1S/C29H29N7O2/c1-17-9-12-25(31-14-17)33-27-22(26(30)37)16-35(34-27)23-7-6-8-24(18(23)2)36-28(38)21-11-10-20(29(3,4)5)13-19(21)15-32-36/h6-16H,1-5H3,(H2,30,37)(H,31,33,34). The van der Waals surface area contributed by atoms with Gasteiger partial charge in [-0.2, -0.15) is 9.78 Å². The molecule has 0 aliphatic heterocycles. The number of amides is 1. The molecule has 9 nitrogen and oxygen atoms in total. The van der Waals surface area contributed by atoms with Gasteiger partial charge in [0.25, 0.3) is 11.5 Å². The number of hydrogen-bond donors (Lipinski definition) is 2. The zero-order valence-electron chi connectivity index (χ0n) is 22.0. The van der Waals surface area contributed by atoms with E-state index in [4.69, 9.17) is 5.73 Å². The van der Waals surface area contributed by atoms with Crippen molar-refractivity contribution in [1.82, 2.24) is 24.5 Å². The summed E-state index contributed by atoms with van der Waals surface area (Å²) in [6.45, 7) is 10.2. The van der Waals surface area contributed by atoms with Crippen molar-refractivity contribution in [2.45, 2.75) is 40.0 Å². The number of nitrogens with two attached hydrogens (primary N) is 1. The van der Waals surface area contributed by atoms with Crippen molar-refractivity contribution in [3.8, 4) is 11.4 Å². The number of aryl methyl sites for hydroxylation is 1. The number of carbonyl (C=O) groups is 1. The number of nitrogens with one attached hydrogen (secondary N) is 1. The van der Waals surface area contributed by atoms with Crippen LogP contribution in [0.4, 0.5) is 11.6 Å². The Morgan fingerprint density at radius 2 is 1.76 bits per heavy atom.